The molecule has 0 bridgehead atoms. The smallest absolute Gasteiger partial charge is 0.231 e. The summed E-state index contributed by atoms with van der Waals surface area (Å²) in [6.45, 7) is 3.30. The topological polar surface area (TPSA) is 52.9 Å². The number of fused-ring (bicyclic) bond motifs is 2. The molecule has 26 heavy (non-hydrogen) atoms. The minimum atomic E-state index is 0.140. The van der Waals surface area contributed by atoms with Crippen molar-refractivity contribution in [3.63, 3.8) is 0 Å². The van der Waals surface area contributed by atoms with E-state index >= 15 is 0 Å². The van der Waals surface area contributed by atoms with Gasteiger partial charge in [-0.25, -0.2) is 0 Å². The van der Waals surface area contributed by atoms with Gasteiger partial charge >= 0.3 is 0 Å². The summed E-state index contributed by atoms with van der Waals surface area (Å²) in [4.78, 5) is 15.0. The van der Waals surface area contributed by atoms with Gasteiger partial charge in [-0.2, -0.15) is 0 Å². The number of carbonyl (C=O) groups excluding carboxylic acids is 1. The number of aromatic nitrogens is 1. The first-order valence-electron chi connectivity index (χ1n) is 9.02. The average Bonchev–Trinajstić information content (AvgIpc) is 3.24. The fraction of sp³-hybridized carbons (Fsp3) is 0.450. The third-order valence-electron chi connectivity index (χ3n) is 5.09. The van der Waals surface area contributed by atoms with Crippen LogP contribution in [0.15, 0.2) is 36.5 Å². The number of hydrogen-bond acceptors (Lipinski definition) is 4. The average molecular weight is 356 g/mol. The van der Waals surface area contributed by atoms with Crippen LogP contribution in [0.2, 0.25) is 0 Å². The third-order valence-corrected chi connectivity index (χ3v) is 5.09. The number of carbonyl (C=O) groups is 1. The molecular weight excluding hydrogens is 332 g/mol. The van der Waals surface area contributed by atoms with E-state index in [-0.39, 0.29) is 12.7 Å². The SMILES string of the molecule is COCCC1CN(C(=O)Cc2ccc3c(c2)OCO3)Cc2cccn2C1. The Bertz CT molecular complexity index is 786. The van der Waals surface area contributed by atoms with Gasteiger partial charge in [0.1, 0.15) is 0 Å². The van der Waals surface area contributed by atoms with Gasteiger partial charge < -0.3 is 23.7 Å². The molecule has 1 aromatic heterocycles. The molecule has 1 amide bonds. The zero-order chi connectivity index (χ0) is 17.9. The zero-order valence-corrected chi connectivity index (χ0v) is 15.0. The highest BCUT2D eigenvalue weighted by Crippen LogP contribution is 2.32. The Labute approximate surface area is 153 Å². The lowest BCUT2D eigenvalue weighted by atomic mass is 10.0. The summed E-state index contributed by atoms with van der Waals surface area (Å²) in [5, 5.41) is 0. The normalized spacial score (nSPS) is 18.5. The number of amides is 1. The molecule has 2 aliphatic heterocycles. The maximum Gasteiger partial charge on any atom is 0.231 e. The van der Waals surface area contributed by atoms with Gasteiger partial charge in [0.15, 0.2) is 11.5 Å². The van der Waals surface area contributed by atoms with Crippen LogP contribution in [0.5, 0.6) is 11.5 Å². The van der Waals surface area contributed by atoms with Gasteiger partial charge in [0.2, 0.25) is 12.7 Å². The number of hydrogen-bond donors (Lipinski definition) is 0. The molecule has 1 aromatic carbocycles. The molecular formula is C20H24N2O4. The monoisotopic (exact) mass is 356 g/mol. The van der Waals surface area contributed by atoms with Crippen molar-refractivity contribution in [3.8, 4) is 11.5 Å². The van der Waals surface area contributed by atoms with E-state index in [4.69, 9.17) is 14.2 Å². The van der Waals surface area contributed by atoms with E-state index in [1.54, 1.807) is 7.11 Å². The molecule has 138 valence electrons. The maximum atomic E-state index is 13.0. The van der Waals surface area contributed by atoms with Crippen LogP contribution in [-0.2, 0) is 29.0 Å². The van der Waals surface area contributed by atoms with Gasteiger partial charge in [-0.3, -0.25) is 4.79 Å². The van der Waals surface area contributed by atoms with Crippen LogP contribution in [0.25, 0.3) is 0 Å². The quantitative estimate of drug-likeness (QED) is 0.826. The van der Waals surface area contributed by atoms with E-state index in [2.05, 4.69) is 22.9 Å². The van der Waals surface area contributed by atoms with E-state index < -0.39 is 0 Å². The van der Waals surface area contributed by atoms with Gasteiger partial charge in [0.05, 0.1) is 13.0 Å². The number of ether oxygens (including phenoxy) is 3. The largest absolute Gasteiger partial charge is 0.454 e. The van der Waals surface area contributed by atoms with Gasteiger partial charge in [-0.05, 0) is 42.2 Å². The van der Waals surface area contributed by atoms with Crippen molar-refractivity contribution in [1.29, 1.82) is 0 Å². The van der Waals surface area contributed by atoms with Crippen molar-refractivity contribution in [1.82, 2.24) is 9.47 Å². The van der Waals surface area contributed by atoms with Gasteiger partial charge in [-0.1, -0.05) is 6.07 Å². The Balaban J connectivity index is 1.48. The number of rotatable bonds is 5. The molecule has 3 heterocycles. The molecule has 6 heteroatoms. The van der Waals surface area contributed by atoms with E-state index in [1.165, 1.54) is 5.69 Å². The molecule has 0 radical (unpaired) electrons. The van der Waals surface area contributed by atoms with Crippen LogP contribution in [0, 0.1) is 5.92 Å². The Morgan fingerprint density at radius 1 is 1.23 bits per heavy atom. The van der Waals surface area contributed by atoms with Gasteiger partial charge in [0.25, 0.3) is 0 Å². The molecule has 0 saturated heterocycles. The molecule has 0 aliphatic carbocycles. The molecule has 0 N–H and O–H groups in total. The van der Waals surface area contributed by atoms with E-state index in [1.807, 2.05) is 23.1 Å². The highest BCUT2D eigenvalue weighted by molar-refractivity contribution is 5.79. The lowest BCUT2D eigenvalue weighted by molar-refractivity contribution is -0.131. The fourth-order valence-electron chi connectivity index (χ4n) is 3.67. The lowest BCUT2D eigenvalue weighted by Gasteiger charge is -2.24. The molecule has 2 aromatic rings. The summed E-state index contributed by atoms with van der Waals surface area (Å²) >= 11 is 0. The highest BCUT2D eigenvalue weighted by atomic mass is 16.7. The van der Waals surface area contributed by atoms with Crippen LogP contribution in [0.1, 0.15) is 17.7 Å². The Morgan fingerprint density at radius 3 is 3.00 bits per heavy atom. The third kappa shape index (κ3) is 3.55. The van der Waals surface area contributed by atoms with Crippen molar-refractivity contribution in [2.45, 2.75) is 25.9 Å². The minimum Gasteiger partial charge on any atom is -0.454 e. The summed E-state index contributed by atoms with van der Waals surface area (Å²) in [5.41, 5.74) is 2.14. The highest BCUT2D eigenvalue weighted by Gasteiger charge is 2.25. The minimum absolute atomic E-state index is 0.140. The summed E-state index contributed by atoms with van der Waals surface area (Å²) in [5.74, 6) is 2.00. The zero-order valence-electron chi connectivity index (χ0n) is 15.0. The molecule has 2 aliphatic rings. The molecule has 6 nitrogen and oxygen atoms in total. The second-order valence-electron chi connectivity index (χ2n) is 6.94. The van der Waals surface area contributed by atoms with Crippen LogP contribution in [-0.4, -0.2) is 42.4 Å². The fourth-order valence-corrected chi connectivity index (χ4v) is 3.67. The first-order valence-corrected chi connectivity index (χ1v) is 9.02. The number of nitrogens with zero attached hydrogens (tertiary/aromatic N) is 2. The van der Waals surface area contributed by atoms with Crippen molar-refractivity contribution < 1.29 is 19.0 Å². The van der Waals surface area contributed by atoms with Crippen LogP contribution in [0.4, 0.5) is 0 Å². The second kappa shape index (κ2) is 7.41. The molecule has 0 fully saturated rings. The van der Waals surface area contributed by atoms with Crippen LogP contribution >= 0.6 is 0 Å². The van der Waals surface area contributed by atoms with Crippen molar-refractivity contribution in [2.24, 2.45) is 5.92 Å². The van der Waals surface area contributed by atoms with E-state index in [9.17, 15) is 4.79 Å². The van der Waals surface area contributed by atoms with E-state index in [0.717, 1.165) is 36.6 Å². The van der Waals surface area contributed by atoms with Crippen molar-refractivity contribution in [3.05, 3.63) is 47.8 Å². The van der Waals surface area contributed by atoms with Gasteiger partial charge in [0, 0.05) is 38.7 Å². The maximum absolute atomic E-state index is 13.0. The van der Waals surface area contributed by atoms with E-state index in [0.29, 0.717) is 25.5 Å². The summed E-state index contributed by atoms with van der Waals surface area (Å²) in [7, 11) is 1.72. The predicted molar refractivity (Wildman–Crippen MR) is 96.1 cm³/mol. The summed E-state index contributed by atoms with van der Waals surface area (Å²) in [6, 6.07) is 9.87. The van der Waals surface area contributed by atoms with Crippen LogP contribution < -0.4 is 9.47 Å². The first-order chi connectivity index (χ1) is 12.7. The standard InChI is InChI=1S/C20H24N2O4/c1-24-8-6-16-11-21-7-2-3-17(21)13-22(12-16)20(23)10-15-4-5-18-19(9-15)26-14-25-18/h2-5,7,9,16H,6,8,10-14H2,1H3. The Hall–Kier alpha value is -2.47. The Morgan fingerprint density at radius 2 is 2.12 bits per heavy atom. The summed E-state index contributed by atoms with van der Waals surface area (Å²) < 4.78 is 18.3. The predicted octanol–water partition coefficient (Wildman–Crippen LogP) is 2.45. The molecule has 1 atom stereocenters. The number of benzene rings is 1. The Kier molecular flexibility index (Phi) is 4.84. The first kappa shape index (κ1) is 17.0. The second-order valence-corrected chi connectivity index (χ2v) is 6.94. The molecule has 0 spiro atoms. The van der Waals surface area contributed by atoms with Crippen molar-refractivity contribution >= 4 is 5.91 Å². The van der Waals surface area contributed by atoms with Gasteiger partial charge in [-0.15, -0.1) is 0 Å². The molecule has 4 rings (SSSR count). The molecule has 1 unspecified atom stereocenters. The summed E-state index contributed by atoms with van der Waals surface area (Å²) in [6.07, 6.45) is 3.41. The van der Waals surface area contributed by atoms with Crippen LogP contribution in [0.3, 0.4) is 0 Å². The molecule has 0 saturated carbocycles. The lowest BCUT2D eigenvalue weighted by Crippen LogP contribution is -2.35. The van der Waals surface area contributed by atoms with Crippen molar-refractivity contribution in [2.75, 3.05) is 27.1 Å². The number of methoxy groups -OCH3 is 1.